The molecule has 23 heavy (non-hydrogen) atoms. The van der Waals surface area contributed by atoms with E-state index in [1.807, 2.05) is 37.4 Å². The van der Waals surface area contributed by atoms with Gasteiger partial charge in [0.1, 0.15) is 0 Å². The molecule has 1 atom stereocenters. The van der Waals surface area contributed by atoms with Crippen molar-refractivity contribution >= 4 is 16.9 Å². The van der Waals surface area contributed by atoms with Gasteiger partial charge in [-0.05, 0) is 38.9 Å². The number of esters is 1. The molecule has 5 nitrogen and oxygen atoms in total. The van der Waals surface area contributed by atoms with Crippen molar-refractivity contribution in [2.24, 2.45) is 5.92 Å². The first kappa shape index (κ1) is 16.0. The molecule has 1 aliphatic heterocycles. The van der Waals surface area contributed by atoms with Gasteiger partial charge in [0.05, 0.1) is 18.6 Å². The van der Waals surface area contributed by atoms with E-state index in [2.05, 4.69) is 9.88 Å². The average Bonchev–Trinajstić information content (AvgIpc) is 3.00. The molecule has 1 aliphatic rings. The molecule has 0 saturated carbocycles. The fourth-order valence-corrected chi connectivity index (χ4v) is 3.32. The molecule has 0 amide bonds. The Labute approximate surface area is 136 Å². The number of hydrogen-bond acceptors (Lipinski definition) is 4. The standard InChI is InChI=1S/C18H24N2O3/c1-2-23-18(22)13-7-9-20(10-8-13)12-17(21)15-11-19-16-6-4-3-5-14(15)16/h3-6,11,13,17,19,21H,2,7-10,12H2,1H3. The average molecular weight is 316 g/mol. The normalized spacial score (nSPS) is 18.2. The topological polar surface area (TPSA) is 65.6 Å². The highest BCUT2D eigenvalue weighted by molar-refractivity contribution is 5.83. The summed E-state index contributed by atoms with van der Waals surface area (Å²) in [6.07, 6.45) is 2.98. The highest BCUT2D eigenvalue weighted by atomic mass is 16.5. The van der Waals surface area contributed by atoms with Gasteiger partial charge in [-0.3, -0.25) is 4.79 Å². The van der Waals surface area contributed by atoms with E-state index < -0.39 is 6.10 Å². The SMILES string of the molecule is CCOC(=O)C1CCN(CC(O)c2c[nH]c3ccccc23)CC1. The van der Waals surface area contributed by atoms with Crippen LogP contribution in [0.5, 0.6) is 0 Å². The minimum absolute atomic E-state index is 0.0106. The summed E-state index contributed by atoms with van der Waals surface area (Å²) in [5.74, 6) is -0.0687. The molecule has 3 rings (SSSR count). The van der Waals surface area contributed by atoms with Crippen LogP contribution in [-0.4, -0.2) is 47.2 Å². The number of ether oxygens (including phenoxy) is 1. The Morgan fingerprint density at radius 3 is 2.87 bits per heavy atom. The van der Waals surface area contributed by atoms with Gasteiger partial charge in [0.2, 0.25) is 0 Å². The Morgan fingerprint density at radius 1 is 1.39 bits per heavy atom. The Hall–Kier alpha value is -1.85. The minimum Gasteiger partial charge on any atom is -0.466 e. The predicted octanol–water partition coefficient (Wildman–Crippen LogP) is 2.48. The molecule has 2 N–H and O–H groups in total. The summed E-state index contributed by atoms with van der Waals surface area (Å²) in [5, 5.41) is 11.6. The largest absolute Gasteiger partial charge is 0.466 e. The zero-order valence-corrected chi connectivity index (χ0v) is 13.5. The summed E-state index contributed by atoms with van der Waals surface area (Å²) >= 11 is 0. The zero-order chi connectivity index (χ0) is 16.2. The number of piperidine rings is 1. The van der Waals surface area contributed by atoms with Crippen LogP contribution in [0.1, 0.15) is 31.4 Å². The number of hydrogen-bond donors (Lipinski definition) is 2. The van der Waals surface area contributed by atoms with Crippen molar-refractivity contribution < 1.29 is 14.6 Å². The smallest absolute Gasteiger partial charge is 0.309 e. The van der Waals surface area contributed by atoms with Gasteiger partial charge < -0.3 is 19.7 Å². The fraction of sp³-hybridized carbons (Fsp3) is 0.500. The lowest BCUT2D eigenvalue weighted by atomic mass is 9.96. The molecule has 1 fully saturated rings. The monoisotopic (exact) mass is 316 g/mol. The van der Waals surface area contributed by atoms with Gasteiger partial charge in [0, 0.05) is 29.2 Å². The number of aromatic amines is 1. The molecule has 1 unspecified atom stereocenters. The Kier molecular flexibility index (Phi) is 4.98. The number of aromatic nitrogens is 1. The van der Waals surface area contributed by atoms with E-state index in [0.29, 0.717) is 13.2 Å². The van der Waals surface area contributed by atoms with Crippen molar-refractivity contribution in [2.75, 3.05) is 26.2 Å². The number of para-hydroxylation sites is 1. The third-order valence-corrected chi connectivity index (χ3v) is 4.62. The molecule has 124 valence electrons. The van der Waals surface area contributed by atoms with Crippen molar-refractivity contribution in [3.8, 4) is 0 Å². The molecule has 1 saturated heterocycles. The predicted molar refractivity (Wildman–Crippen MR) is 89.1 cm³/mol. The van der Waals surface area contributed by atoms with E-state index in [9.17, 15) is 9.90 Å². The summed E-state index contributed by atoms with van der Waals surface area (Å²) in [4.78, 5) is 17.2. The summed E-state index contributed by atoms with van der Waals surface area (Å²) in [7, 11) is 0. The molecule has 0 radical (unpaired) electrons. The van der Waals surface area contributed by atoms with Gasteiger partial charge in [0.15, 0.2) is 0 Å². The van der Waals surface area contributed by atoms with E-state index in [1.54, 1.807) is 0 Å². The third-order valence-electron chi connectivity index (χ3n) is 4.62. The second-order valence-electron chi connectivity index (χ2n) is 6.13. The second-order valence-corrected chi connectivity index (χ2v) is 6.13. The zero-order valence-electron chi connectivity index (χ0n) is 13.5. The second kappa shape index (κ2) is 7.15. The Balaban J connectivity index is 1.57. The van der Waals surface area contributed by atoms with Crippen LogP contribution < -0.4 is 0 Å². The molecule has 2 aromatic rings. The van der Waals surface area contributed by atoms with Gasteiger partial charge in [0.25, 0.3) is 0 Å². The van der Waals surface area contributed by atoms with Crippen molar-refractivity contribution in [2.45, 2.75) is 25.9 Å². The number of nitrogens with one attached hydrogen (secondary N) is 1. The summed E-state index contributed by atoms with van der Waals surface area (Å²) in [6, 6.07) is 8.00. The van der Waals surface area contributed by atoms with Crippen LogP contribution >= 0.6 is 0 Å². The van der Waals surface area contributed by atoms with Gasteiger partial charge >= 0.3 is 5.97 Å². The molecule has 1 aromatic carbocycles. The van der Waals surface area contributed by atoms with Crippen molar-refractivity contribution in [1.82, 2.24) is 9.88 Å². The van der Waals surface area contributed by atoms with Crippen LogP contribution in [0.2, 0.25) is 0 Å². The Bertz CT molecular complexity index is 659. The first-order chi connectivity index (χ1) is 11.2. The number of carbonyl (C=O) groups excluding carboxylic acids is 1. The highest BCUT2D eigenvalue weighted by Crippen LogP contribution is 2.26. The maximum absolute atomic E-state index is 11.8. The summed E-state index contributed by atoms with van der Waals surface area (Å²) < 4.78 is 5.09. The lowest BCUT2D eigenvalue weighted by Gasteiger charge is -2.32. The first-order valence-electron chi connectivity index (χ1n) is 8.32. The van der Waals surface area contributed by atoms with Gasteiger partial charge in [-0.25, -0.2) is 0 Å². The molecular weight excluding hydrogens is 292 g/mol. The number of benzene rings is 1. The number of carbonyl (C=O) groups is 1. The van der Waals surface area contributed by atoms with Crippen molar-refractivity contribution in [3.63, 3.8) is 0 Å². The number of fused-ring (bicyclic) bond motifs is 1. The van der Waals surface area contributed by atoms with Crippen LogP contribution in [0.25, 0.3) is 10.9 Å². The maximum atomic E-state index is 11.8. The highest BCUT2D eigenvalue weighted by Gasteiger charge is 2.27. The number of aliphatic hydroxyl groups is 1. The van der Waals surface area contributed by atoms with E-state index >= 15 is 0 Å². The number of nitrogens with zero attached hydrogens (tertiary/aromatic N) is 1. The number of H-pyrrole nitrogens is 1. The molecule has 0 bridgehead atoms. The quantitative estimate of drug-likeness (QED) is 0.832. The van der Waals surface area contributed by atoms with E-state index in [0.717, 1.165) is 42.4 Å². The van der Waals surface area contributed by atoms with E-state index in [4.69, 9.17) is 4.74 Å². The van der Waals surface area contributed by atoms with Crippen LogP contribution in [0.3, 0.4) is 0 Å². The first-order valence-corrected chi connectivity index (χ1v) is 8.32. The lowest BCUT2D eigenvalue weighted by Crippen LogP contribution is -2.39. The molecular formula is C18H24N2O3. The molecule has 2 heterocycles. The van der Waals surface area contributed by atoms with Crippen LogP contribution in [0.15, 0.2) is 30.5 Å². The summed E-state index contributed by atoms with van der Waals surface area (Å²) in [6.45, 7) is 4.52. The van der Waals surface area contributed by atoms with Gasteiger partial charge in [-0.15, -0.1) is 0 Å². The van der Waals surface area contributed by atoms with E-state index in [-0.39, 0.29) is 11.9 Å². The minimum atomic E-state index is -0.523. The molecule has 5 heteroatoms. The van der Waals surface area contributed by atoms with Crippen LogP contribution in [0, 0.1) is 5.92 Å². The van der Waals surface area contributed by atoms with E-state index in [1.165, 1.54) is 0 Å². The number of rotatable bonds is 5. The number of β-amino-alcohol motifs (C(OH)–C–C–N with tert-alkyl or cyclic N) is 1. The van der Waals surface area contributed by atoms with Crippen LogP contribution in [0.4, 0.5) is 0 Å². The van der Waals surface area contributed by atoms with Crippen molar-refractivity contribution in [3.05, 3.63) is 36.0 Å². The van der Waals surface area contributed by atoms with Gasteiger partial charge in [-0.1, -0.05) is 18.2 Å². The van der Waals surface area contributed by atoms with Gasteiger partial charge in [-0.2, -0.15) is 0 Å². The third kappa shape index (κ3) is 3.57. The maximum Gasteiger partial charge on any atom is 0.309 e. The van der Waals surface area contributed by atoms with Crippen LogP contribution in [-0.2, 0) is 9.53 Å². The fourth-order valence-electron chi connectivity index (χ4n) is 3.32. The summed E-state index contributed by atoms with van der Waals surface area (Å²) in [5.41, 5.74) is 1.98. The number of aliphatic hydroxyl groups excluding tert-OH is 1. The lowest BCUT2D eigenvalue weighted by molar-refractivity contribution is -0.149. The van der Waals surface area contributed by atoms with Crippen molar-refractivity contribution in [1.29, 1.82) is 0 Å². The Morgan fingerprint density at radius 2 is 2.13 bits per heavy atom. The molecule has 1 aromatic heterocycles. The molecule has 0 aliphatic carbocycles. The number of likely N-dealkylation sites (tertiary alicyclic amines) is 1. The molecule has 0 spiro atoms.